The molecule has 0 aliphatic carbocycles. The third-order valence-electron chi connectivity index (χ3n) is 7.94. The lowest BCUT2D eigenvalue weighted by Gasteiger charge is -2.26. The molecule has 1 aliphatic heterocycles. The van der Waals surface area contributed by atoms with Crippen LogP contribution < -0.4 is 19.5 Å². The molecular weight excluding hydrogens is 624 g/mol. The summed E-state index contributed by atoms with van der Waals surface area (Å²) in [5, 5.41) is 11.3. The fraction of sp³-hybridized carbons (Fsp3) is 0.314. The number of halogens is 2. The van der Waals surface area contributed by atoms with Gasteiger partial charge in [-0.05, 0) is 61.4 Å². The number of ether oxygens (including phenoxy) is 4. The molecule has 3 aromatic carbocycles. The van der Waals surface area contributed by atoms with Gasteiger partial charge in [0.2, 0.25) is 17.7 Å². The van der Waals surface area contributed by atoms with Gasteiger partial charge in [0.1, 0.15) is 17.5 Å². The Morgan fingerprint density at radius 2 is 1.79 bits per heavy atom. The fourth-order valence-electron chi connectivity index (χ4n) is 5.35. The number of methoxy groups -OCH3 is 1. The zero-order chi connectivity index (χ0) is 33.5. The number of amides is 1. The van der Waals surface area contributed by atoms with Crippen LogP contribution in [0.2, 0.25) is 0 Å². The lowest BCUT2D eigenvalue weighted by atomic mass is 10.1. The van der Waals surface area contributed by atoms with E-state index in [-0.39, 0.29) is 23.2 Å². The van der Waals surface area contributed by atoms with Crippen molar-refractivity contribution in [1.29, 1.82) is 0 Å². The van der Waals surface area contributed by atoms with Gasteiger partial charge in [-0.1, -0.05) is 6.92 Å². The summed E-state index contributed by atoms with van der Waals surface area (Å²) in [6.07, 6.45) is 2.77. The van der Waals surface area contributed by atoms with Gasteiger partial charge in [-0.2, -0.15) is 0 Å². The van der Waals surface area contributed by atoms with Crippen LogP contribution in [0.4, 0.5) is 14.5 Å². The molecule has 2 aromatic heterocycles. The van der Waals surface area contributed by atoms with Crippen molar-refractivity contribution in [3.8, 4) is 34.5 Å². The molecule has 5 aromatic rings. The summed E-state index contributed by atoms with van der Waals surface area (Å²) < 4.78 is 57.3. The second-order valence-corrected chi connectivity index (χ2v) is 11.1. The second-order valence-electron chi connectivity index (χ2n) is 11.1. The molecule has 11 nitrogen and oxygen atoms in total. The van der Waals surface area contributed by atoms with Crippen LogP contribution in [0, 0.1) is 11.6 Å². The van der Waals surface area contributed by atoms with E-state index in [2.05, 4.69) is 25.4 Å². The molecule has 48 heavy (non-hydrogen) atoms. The third-order valence-corrected chi connectivity index (χ3v) is 7.94. The minimum atomic E-state index is -0.789. The number of nitrogens with zero attached hydrogens (tertiary/aromatic N) is 4. The van der Waals surface area contributed by atoms with Crippen molar-refractivity contribution in [2.24, 2.45) is 0 Å². The number of hydrogen-bond acceptors (Lipinski definition) is 10. The normalized spacial score (nSPS) is 14.1. The third kappa shape index (κ3) is 7.69. The molecular formula is C35H35F2N5O6. The van der Waals surface area contributed by atoms with Crippen LogP contribution in [0.25, 0.3) is 22.4 Å². The van der Waals surface area contributed by atoms with Gasteiger partial charge < -0.3 is 28.7 Å². The van der Waals surface area contributed by atoms with Crippen LogP contribution >= 0.6 is 0 Å². The van der Waals surface area contributed by atoms with E-state index in [9.17, 15) is 9.18 Å². The number of carbonyl (C=O) groups is 1. The maximum atomic E-state index is 15.3. The van der Waals surface area contributed by atoms with Gasteiger partial charge in [0.25, 0.3) is 0 Å². The number of nitrogens with one attached hydrogen (secondary N) is 1. The van der Waals surface area contributed by atoms with Crippen LogP contribution in [0.15, 0.2) is 71.3 Å². The number of pyridine rings is 1. The molecule has 1 unspecified atom stereocenters. The molecule has 0 bridgehead atoms. The quantitative estimate of drug-likeness (QED) is 0.139. The molecule has 1 atom stereocenters. The van der Waals surface area contributed by atoms with Crippen LogP contribution in [-0.4, -0.2) is 72.6 Å². The highest BCUT2D eigenvalue weighted by Crippen LogP contribution is 2.38. The summed E-state index contributed by atoms with van der Waals surface area (Å²) in [6, 6.07) is 14.9. The molecule has 1 amide bonds. The topological polar surface area (TPSA) is 121 Å². The highest BCUT2D eigenvalue weighted by Gasteiger charge is 2.26. The number of fused-ring (bicyclic) bond motifs is 1. The molecule has 1 saturated heterocycles. The summed E-state index contributed by atoms with van der Waals surface area (Å²) in [4.78, 5) is 19.9. The van der Waals surface area contributed by atoms with E-state index >= 15 is 4.39 Å². The monoisotopic (exact) mass is 659 g/mol. The first-order valence-corrected chi connectivity index (χ1v) is 15.7. The first kappa shape index (κ1) is 32.8. The summed E-state index contributed by atoms with van der Waals surface area (Å²) in [5.74, 6) is -0.689. The minimum absolute atomic E-state index is 0.0456. The number of rotatable bonds is 13. The molecule has 250 valence electrons. The van der Waals surface area contributed by atoms with Gasteiger partial charge in [0.15, 0.2) is 23.1 Å². The maximum Gasteiger partial charge on any atom is 0.247 e. The molecule has 6 rings (SSSR count). The van der Waals surface area contributed by atoms with Gasteiger partial charge in [-0.25, -0.2) is 8.78 Å². The van der Waals surface area contributed by atoms with Crippen molar-refractivity contribution in [3.05, 3.63) is 84.4 Å². The van der Waals surface area contributed by atoms with E-state index in [1.54, 1.807) is 38.4 Å². The van der Waals surface area contributed by atoms with Gasteiger partial charge in [-0.15, -0.1) is 10.2 Å². The predicted molar refractivity (Wildman–Crippen MR) is 173 cm³/mol. The van der Waals surface area contributed by atoms with E-state index in [0.717, 1.165) is 39.3 Å². The van der Waals surface area contributed by atoms with Crippen molar-refractivity contribution in [2.75, 3.05) is 51.9 Å². The summed E-state index contributed by atoms with van der Waals surface area (Å²) in [5.41, 5.74) is 1.33. The van der Waals surface area contributed by atoms with Crippen molar-refractivity contribution in [3.63, 3.8) is 0 Å². The molecule has 0 spiro atoms. The predicted octanol–water partition coefficient (Wildman–Crippen LogP) is 6.60. The maximum absolute atomic E-state index is 15.3. The van der Waals surface area contributed by atoms with Crippen molar-refractivity contribution >= 4 is 22.5 Å². The molecule has 3 heterocycles. The van der Waals surface area contributed by atoms with E-state index in [4.69, 9.17) is 23.4 Å². The summed E-state index contributed by atoms with van der Waals surface area (Å²) >= 11 is 0. The number of benzene rings is 3. The largest absolute Gasteiger partial charge is 0.493 e. The standard InChI is InChI=1S/C35H35F2N5O6/c1-3-25(35-41-40-34(48-35)22-5-7-23(36)8-6-22)33(43)39-24-9-10-30(27(37)19-24)47-29-11-12-38-28-21-32(31(44-2)20-26(28)29)46-16-4-13-42-14-17-45-18-15-42/h5-12,19-21,25H,3-4,13-18H2,1-2H3,(H,39,43). The van der Waals surface area contributed by atoms with Crippen molar-refractivity contribution in [1.82, 2.24) is 20.1 Å². The van der Waals surface area contributed by atoms with Gasteiger partial charge in [-0.3, -0.25) is 14.7 Å². The van der Waals surface area contributed by atoms with Gasteiger partial charge in [0.05, 0.1) is 32.4 Å². The Bertz CT molecular complexity index is 1860. The van der Waals surface area contributed by atoms with Gasteiger partial charge in [0, 0.05) is 54.6 Å². The van der Waals surface area contributed by atoms with E-state index in [0.29, 0.717) is 46.7 Å². The van der Waals surface area contributed by atoms with Crippen LogP contribution in [0.3, 0.4) is 0 Å². The van der Waals surface area contributed by atoms with Crippen LogP contribution in [0.5, 0.6) is 23.0 Å². The second kappa shape index (κ2) is 15.2. The number of hydrogen-bond donors (Lipinski definition) is 1. The Kier molecular flexibility index (Phi) is 10.4. The Morgan fingerprint density at radius 1 is 0.979 bits per heavy atom. The summed E-state index contributed by atoms with van der Waals surface area (Å²) in [6.45, 7) is 6.57. The average molecular weight is 660 g/mol. The highest BCUT2D eigenvalue weighted by molar-refractivity contribution is 5.95. The molecule has 1 aliphatic rings. The SMILES string of the molecule is CCC(C(=O)Nc1ccc(Oc2ccnc3cc(OCCCN4CCOCC4)c(OC)cc23)c(F)c1)c1nnc(-c2ccc(F)cc2)o1. The minimum Gasteiger partial charge on any atom is -0.493 e. The molecule has 0 saturated carbocycles. The zero-order valence-corrected chi connectivity index (χ0v) is 26.6. The Morgan fingerprint density at radius 3 is 2.54 bits per heavy atom. The van der Waals surface area contributed by atoms with E-state index < -0.39 is 23.5 Å². The van der Waals surface area contributed by atoms with Crippen molar-refractivity contribution in [2.45, 2.75) is 25.7 Å². The number of aromatic nitrogens is 3. The Labute approximate surface area is 275 Å². The number of carbonyl (C=O) groups excluding carboxylic acids is 1. The van der Waals surface area contributed by atoms with Crippen molar-refractivity contribution < 1.29 is 36.9 Å². The molecule has 0 radical (unpaired) electrons. The van der Waals surface area contributed by atoms with Crippen LogP contribution in [0.1, 0.15) is 31.6 Å². The first-order chi connectivity index (χ1) is 23.4. The Hall–Kier alpha value is -5.14. The number of anilines is 1. The number of morpholine rings is 1. The fourth-order valence-corrected chi connectivity index (χ4v) is 5.35. The lowest BCUT2D eigenvalue weighted by Crippen LogP contribution is -2.37. The first-order valence-electron chi connectivity index (χ1n) is 15.7. The zero-order valence-electron chi connectivity index (χ0n) is 26.6. The highest BCUT2D eigenvalue weighted by atomic mass is 19.1. The van der Waals surface area contributed by atoms with E-state index in [1.165, 1.54) is 42.5 Å². The molecule has 13 heteroatoms. The van der Waals surface area contributed by atoms with E-state index in [1.807, 2.05) is 0 Å². The Balaban J connectivity index is 1.11. The summed E-state index contributed by atoms with van der Waals surface area (Å²) in [7, 11) is 1.55. The van der Waals surface area contributed by atoms with Gasteiger partial charge >= 0.3 is 0 Å². The lowest BCUT2D eigenvalue weighted by molar-refractivity contribution is -0.118. The molecule has 1 N–H and O–H groups in total. The molecule has 1 fully saturated rings. The average Bonchev–Trinajstić information content (AvgIpc) is 3.58. The smallest absolute Gasteiger partial charge is 0.247 e. The van der Waals surface area contributed by atoms with Crippen LogP contribution in [-0.2, 0) is 9.53 Å².